The summed E-state index contributed by atoms with van der Waals surface area (Å²) in [7, 11) is 0. The number of rotatable bonds is 5. The number of hydrogen-bond acceptors (Lipinski definition) is 2. The summed E-state index contributed by atoms with van der Waals surface area (Å²) in [6.45, 7) is 4.23. The van der Waals surface area contributed by atoms with Crippen molar-refractivity contribution in [3.8, 4) is 0 Å². The van der Waals surface area contributed by atoms with Crippen molar-refractivity contribution in [2.45, 2.75) is 20.3 Å². The van der Waals surface area contributed by atoms with Gasteiger partial charge in [-0.1, -0.05) is 72.3 Å². The molecular formula is C21H22N2. The van der Waals surface area contributed by atoms with Crippen LogP contribution in [0.5, 0.6) is 0 Å². The number of para-hydroxylation sites is 1. The van der Waals surface area contributed by atoms with Gasteiger partial charge in [0.1, 0.15) is 0 Å². The lowest BCUT2D eigenvalue weighted by atomic mass is 9.98. The maximum Gasteiger partial charge on any atom is 0.0688 e. The topological polar surface area (TPSA) is 24.4 Å². The maximum atomic E-state index is 4.72. The molecule has 23 heavy (non-hydrogen) atoms. The van der Waals surface area contributed by atoms with Crippen LogP contribution in [0.2, 0.25) is 0 Å². The first-order valence-electron chi connectivity index (χ1n) is 8.02. The molecule has 1 atom stereocenters. The number of benzene rings is 2. The quantitative estimate of drug-likeness (QED) is 0.585. The van der Waals surface area contributed by atoms with E-state index >= 15 is 0 Å². The molecule has 0 aliphatic heterocycles. The first kappa shape index (κ1) is 15.3. The van der Waals surface area contributed by atoms with Crippen LogP contribution in [0.15, 0.2) is 83.5 Å². The van der Waals surface area contributed by atoms with E-state index in [0.29, 0.717) is 5.92 Å². The van der Waals surface area contributed by atoms with E-state index in [1.54, 1.807) is 0 Å². The van der Waals surface area contributed by atoms with E-state index in [2.05, 4.69) is 73.9 Å². The van der Waals surface area contributed by atoms with Crippen molar-refractivity contribution in [1.29, 1.82) is 0 Å². The minimum atomic E-state index is 0.424. The molecule has 0 radical (unpaired) electrons. The fourth-order valence-electron chi connectivity index (χ4n) is 2.76. The minimum Gasteiger partial charge on any atom is -0.278 e. The molecule has 0 fully saturated rings. The number of nitrogens with zero attached hydrogens (tertiary/aromatic N) is 1. The van der Waals surface area contributed by atoms with Gasteiger partial charge in [0.25, 0.3) is 0 Å². The molecule has 0 amide bonds. The zero-order valence-corrected chi connectivity index (χ0v) is 13.7. The predicted molar refractivity (Wildman–Crippen MR) is 98.8 cm³/mol. The lowest BCUT2D eigenvalue weighted by Crippen LogP contribution is -2.09. The Hall–Kier alpha value is -2.61. The van der Waals surface area contributed by atoms with Crippen LogP contribution >= 0.6 is 0 Å². The summed E-state index contributed by atoms with van der Waals surface area (Å²) < 4.78 is 0. The number of anilines is 1. The van der Waals surface area contributed by atoms with E-state index in [0.717, 1.165) is 17.8 Å². The molecule has 2 aromatic carbocycles. The highest BCUT2D eigenvalue weighted by Crippen LogP contribution is 2.22. The van der Waals surface area contributed by atoms with E-state index in [1.807, 2.05) is 18.2 Å². The molecule has 1 N–H and O–H groups in total. The summed E-state index contributed by atoms with van der Waals surface area (Å²) in [5.41, 5.74) is 9.06. The fraction of sp³-hybridized carbons (Fsp3) is 0.190. The normalized spacial score (nSPS) is 17.2. The van der Waals surface area contributed by atoms with Crippen LogP contribution in [0.1, 0.15) is 24.5 Å². The highest BCUT2D eigenvalue weighted by atomic mass is 15.3. The third-order valence-corrected chi connectivity index (χ3v) is 4.08. The largest absolute Gasteiger partial charge is 0.278 e. The molecule has 1 aliphatic rings. The van der Waals surface area contributed by atoms with Crippen LogP contribution in [-0.4, -0.2) is 5.71 Å². The maximum absolute atomic E-state index is 4.72. The SMILES string of the molecule is CC1=CC(CC(=NNc2ccccc2C)c2ccccc2)C=C1. The van der Waals surface area contributed by atoms with Crippen molar-refractivity contribution >= 4 is 11.4 Å². The van der Waals surface area contributed by atoms with Crippen molar-refractivity contribution in [1.82, 2.24) is 0 Å². The summed E-state index contributed by atoms with van der Waals surface area (Å²) in [5.74, 6) is 0.424. The minimum absolute atomic E-state index is 0.424. The van der Waals surface area contributed by atoms with Crippen LogP contribution in [-0.2, 0) is 0 Å². The van der Waals surface area contributed by atoms with Crippen molar-refractivity contribution in [3.63, 3.8) is 0 Å². The summed E-state index contributed by atoms with van der Waals surface area (Å²) >= 11 is 0. The van der Waals surface area contributed by atoms with Gasteiger partial charge in [0.05, 0.1) is 11.4 Å². The van der Waals surface area contributed by atoms with Gasteiger partial charge in [-0.05, 0) is 31.0 Å². The van der Waals surface area contributed by atoms with Crippen molar-refractivity contribution in [2.75, 3.05) is 5.43 Å². The summed E-state index contributed by atoms with van der Waals surface area (Å²) in [6.07, 6.45) is 7.63. The van der Waals surface area contributed by atoms with Gasteiger partial charge in [0.15, 0.2) is 0 Å². The number of nitrogens with one attached hydrogen (secondary N) is 1. The smallest absolute Gasteiger partial charge is 0.0688 e. The molecule has 0 bridgehead atoms. The van der Waals surface area contributed by atoms with Gasteiger partial charge in [0, 0.05) is 12.3 Å². The van der Waals surface area contributed by atoms with E-state index in [9.17, 15) is 0 Å². The monoisotopic (exact) mass is 302 g/mol. The molecule has 0 saturated heterocycles. The standard InChI is InChI=1S/C21H22N2/c1-16-12-13-18(14-16)15-21(19-9-4-3-5-10-19)23-22-20-11-7-6-8-17(20)2/h3-14,18,22H,15H2,1-2H3. The van der Waals surface area contributed by atoms with Gasteiger partial charge in [-0.25, -0.2) is 0 Å². The van der Waals surface area contributed by atoms with Gasteiger partial charge < -0.3 is 0 Å². The van der Waals surface area contributed by atoms with Crippen molar-refractivity contribution < 1.29 is 0 Å². The van der Waals surface area contributed by atoms with Crippen molar-refractivity contribution in [2.24, 2.45) is 11.0 Å². The lowest BCUT2D eigenvalue weighted by molar-refractivity contribution is 0.870. The Morgan fingerprint density at radius 1 is 1.00 bits per heavy atom. The average Bonchev–Trinajstić information content (AvgIpc) is 2.99. The van der Waals surface area contributed by atoms with Gasteiger partial charge >= 0.3 is 0 Å². The molecule has 0 aromatic heterocycles. The van der Waals surface area contributed by atoms with Crippen molar-refractivity contribution in [3.05, 3.63) is 89.5 Å². The molecule has 3 rings (SSSR count). The van der Waals surface area contributed by atoms with Crippen LogP contribution in [0.4, 0.5) is 5.69 Å². The van der Waals surface area contributed by atoms with Crippen LogP contribution < -0.4 is 5.43 Å². The van der Waals surface area contributed by atoms with Gasteiger partial charge in [0.2, 0.25) is 0 Å². The number of allylic oxidation sites excluding steroid dienone is 4. The molecule has 1 aliphatic carbocycles. The Kier molecular flexibility index (Phi) is 4.72. The fourth-order valence-corrected chi connectivity index (χ4v) is 2.76. The zero-order chi connectivity index (χ0) is 16.1. The Labute approximate surface area is 138 Å². The molecule has 116 valence electrons. The molecule has 2 heteroatoms. The lowest BCUT2D eigenvalue weighted by Gasteiger charge is -2.12. The van der Waals surface area contributed by atoms with Gasteiger partial charge in [-0.3, -0.25) is 5.43 Å². The molecule has 1 unspecified atom stereocenters. The highest BCUT2D eigenvalue weighted by molar-refractivity contribution is 6.01. The predicted octanol–water partition coefficient (Wildman–Crippen LogP) is 5.33. The average molecular weight is 302 g/mol. The van der Waals surface area contributed by atoms with Crippen LogP contribution in [0.25, 0.3) is 0 Å². The Morgan fingerprint density at radius 2 is 1.74 bits per heavy atom. The molecule has 0 saturated carbocycles. The first-order valence-corrected chi connectivity index (χ1v) is 8.02. The molecule has 0 heterocycles. The van der Waals surface area contributed by atoms with E-state index in [-0.39, 0.29) is 0 Å². The third-order valence-electron chi connectivity index (χ3n) is 4.08. The number of hydrogen-bond donors (Lipinski definition) is 1. The number of hydrazone groups is 1. The third kappa shape index (κ3) is 3.98. The van der Waals surface area contributed by atoms with E-state index < -0.39 is 0 Å². The van der Waals surface area contributed by atoms with E-state index in [1.165, 1.54) is 16.7 Å². The summed E-state index contributed by atoms with van der Waals surface area (Å²) in [4.78, 5) is 0. The second-order valence-corrected chi connectivity index (χ2v) is 5.99. The Bertz CT molecular complexity index is 754. The second-order valence-electron chi connectivity index (χ2n) is 5.99. The summed E-state index contributed by atoms with van der Waals surface area (Å²) in [5, 5.41) is 4.72. The summed E-state index contributed by atoms with van der Waals surface area (Å²) in [6, 6.07) is 18.6. The highest BCUT2D eigenvalue weighted by Gasteiger charge is 2.13. The van der Waals surface area contributed by atoms with Gasteiger partial charge in [-0.15, -0.1) is 0 Å². The molecule has 2 aromatic rings. The molecule has 2 nitrogen and oxygen atoms in total. The van der Waals surface area contributed by atoms with E-state index in [4.69, 9.17) is 5.10 Å². The van der Waals surface area contributed by atoms with Crippen LogP contribution in [0.3, 0.4) is 0 Å². The van der Waals surface area contributed by atoms with Gasteiger partial charge in [-0.2, -0.15) is 5.10 Å². The number of aryl methyl sites for hydroxylation is 1. The second kappa shape index (κ2) is 7.10. The Morgan fingerprint density at radius 3 is 2.43 bits per heavy atom. The van der Waals surface area contributed by atoms with Crippen LogP contribution in [0, 0.1) is 12.8 Å². The Balaban J connectivity index is 1.84. The first-order chi connectivity index (χ1) is 11.2. The molecular weight excluding hydrogens is 280 g/mol. The zero-order valence-electron chi connectivity index (χ0n) is 13.7. The molecule has 0 spiro atoms.